The zero-order valence-corrected chi connectivity index (χ0v) is 14.4. The molecule has 2 aliphatic rings. The van der Waals surface area contributed by atoms with E-state index in [1.54, 1.807) is 19.1 Å². The Morgan fingerprint density at radius 2 is 1.96 bits per heavy atom. The first-order valence-electron chi connectivity index (χ1n) is 7.96. The van der Waals surface area contributed by atoms with Crippen LogP contribution < -0.4 is 0 Å². The Hall–Kier alpha value is -1.77. The zero-order chi connectivity index (χ0) is 16.9. The smallest absolute Gasteiger partial charge is 0.245 e. The van der Waals surface area contributed by atoms with E-state index in [-0.39, 0.29) is 18.1 Å². The monoisotopic (exact) mass is 349 g/mol. The van der Waals surface area contributed by atoms with Gasteiger partial charge in [0.05, 0.1) is 11.0 Å². The molecule has 7 nitrogen and oxygen atoms in total. The summed E-state index contributed by atoms with van der Waals surface area (Å²) < 4.78 is 38.7. The second-order valence-corrected chi connectivity index (χ2v) is 8.31. The third-order valence-corrected chi connectivity index (χ3v) is 6.72. The first-order chi connectivity index (χ1) is 11.4. The van der Waals surface area contributed by atoms with Crippen LogP contribution in [0, 0.1) is 19.8 Å². The lowest BCUT2D eigenvalue weighted by Crippen LogP contribution is -2.31. The number of fused-ring (bicyclic) bond motifs is 1. The number of ether oxygens (including phenoxy) is 1. The molecular formula is C16H19N3O4S. The Bertz CT molecular complexity index is 850. The third kappa shape index (κ3) is 2.54. The Labute approximate surface area is 140 Å². The van der Waals surface area contributed by atoms with E-state index in [0.29, 0.717) is 36.2 Å². The maximum atomic E-state index is 12.9. The van der Waals surface area contributed by atoms with Gasteiger partial charge in [-0.15, -0.1) is 10.2 Å². The van der Waals surface area contributed by atoms with Crippen LogP contribution in [0.3, 0.4) is 0 Å². The van der Waals surface area contributed by atoms with Crippen LogP contribution in [0.25, 0.3) is 0 Å². The average Bonchev–Trinajstić information content (AvgIpc) is 3.21. The fraction of sp³-hybridized carbons (Fsp3) is 0.500. The van der Waals surface area contributed by atoms with Crippen LogP contribution in [-0.4, -0.2) is 42.1 Å². The first-order valence-corrected chi connectivity index (χ1v) is 9.40. The molecule has 2 aliphatic heterocycles. The number of sulfonamides is 1. The number of hydrogen-bond acceptors (Lipinski definition) is 6. The summed E-state index contributed by atoms with van der Waals surface area (Å²) >= 11 is 0. The standard InChI is InChI=1S/C16H19N3O4S/c1-10-5-3-4-6-15(10)24(20,21)19-8-12-7-13(23-14(12)9-19)16-18-17-11(2)22-16/h3-6,12-14H,7-9H2,1-2H3/t12-,13-,14+/m0/s1. The maximum Gasteiger partial charge on any atom is 0.245 e. The molecule has 1 aromatic heterocycles. The van der Waals surface area contributed by atoms with E-state index in [1.807, 2.05) is 19.1 Å². The van der Waals surface area contributed by atoms with Crippen LogP contribution >= 0.6 is 0 Å². The topological polar surface area (TPSA) is 85.5 Å². The summed E-state index contributed by atoms with van der Waals surface area (Å²) in [6, 6.07) is 7.06. The van der Waals surface area contributed by atoms with E-state index in [9.17, 15) is 8.42 Å². The number of aromatic nitrogens is 2. The molecular weight excluding hydrogens is 330 g/mol. The van der Waals surface area contributed by atoms with E-state index in [4.69, 9.17) is 9.15 Å². The van der Waals surface area contributed by atoms with Gasteiger partial charge in [-0.05, 0) is 25.0 Å². The SMILES string of the molecule is Cc1nnc([C@@H]2C[C@H]3CN(S(=O)(=O)c4ccccc4C)C[C@H]3O2)o1. The summed E-state index contributed by atoms with van der Waals surface area (Å²) in [5.74, 6) is 1.14. The molecule has 2 fully saturated rings. The Morgan fingerprint density at radius 1 is 1.17 bits per heavy atom. The quantitative estimate of drug-likeness (QED) is 0.840. The van der Waals surface area contributed by atoms with Gasteiger partial charge >= 0.3 is 0 Å². The van der Waals surface area contributed by atoms with E-state index >= 15 is 0 Å². The van der Waals surface area contributed by atoms with Gasteiger partial charge in [-0.25, -0.2) is 8.42 Å². The van der Waals surface area contributed by atoms with Crippen molar-refractivity contribution in [3.63, 3.8) is 0 Å². The van der Waals surface area contributed by atoms with Crippen molar-refractivity contribution < 1.29 is 17.6 Å². The minimum absolute atomic E-state index is 0.124. The predicted octanol–water partition coefficient (Wildman–Crippen LogP) is 1.84. The van der Waals surface area contributed by atoms with Crippen molar-refractivity contribution in [3.05, 3.63) is 41.6 Å². The molecule has 0 unspecified atom stereocenters. The van der Waals surface area contributed by atoms with E-state index < -0.39 is 10.0 Å². The van der Waals surface area contributed by atoms with Gasteiger partial charge < -0.3 is 9.15 Å². The van der Waals surface area contributed by atoms with E-state index in [0.717, 1.165) is 5.56 Å². The summed E-state index contributed by atoms with van der Waals surface area (Å²) in [5.41, 5.74) is 0.759. The van der Waals surface area contributed by atoms with Crippen molar-refractivity contribution in [1.82, 2.24) is 14.5 Å². The molecule has 0 amide bonds. The van der Waals surface area contributed by atoms with Crippen LogP contribution in [0.2, 0.25) is 0 Å². The van der Waals surface area contributed by atoms with Gasteiger partial charge in [0.15, 0.2) is 0 Å². The fourth-order valence-corrected chi connectivity index (χ4v) is 5.24. The normalized spacial score (nSPS) is 27.5. The summed E-state index contributed by atoms with van der Waals surface area (Å²) in [4.78, 5) is 0.369. The summed E-state index contributed by atoms with van der Waals surface area (Å²) in [7, 11) is -3.49. The number of aryl methyl sites for hydroxylation is 2. The molecule has 3 atom stereocenters. The van der Waals surface area contributed by atoms with Crippen LogP contribution in [0.1, 0.15) is 29.9 Å². The van der Waals surface area contributed by atoms with Crippen LogP contribution in [0.15, 0.2) is 33.6 Å². The molecule has 1 aromatic carbocycles. The van der Waals surface area contributed by atoms with Gasteiger partial charge in [0.2, 0.25) is 21.8 Å². The number of nitrogens with zero attached hydrogens (tertiary/aromatic N) is 3. The molecule has 0 saturated carbocycles. The van der Waals surface area contributed by atoms with Gasteiger partial charge in [-0.2, -0.15) is 4.31 Å². The highest BCUT2D eigenvalue weighted by molar-refractivity contribution is 7.89. The maximum absolute atomic E-state index is 12.9. The molecule has 3 heterocycles. The van der Waals surface area contributed by atoms with Gasteiger partial charge in [-0.3, -0.25) is 0 Å². The highest BCUT2D eigenvalue weighted by atomic mass is 32.2. The molecule has 0 bridgehead atoms. The lowest BCUT2D eigenvalue weighted by Gasteiger charge is -2.19. The van der Waals surface area contributed by atoms with Crippen molar-refractivity contribution in [3.8, 4) is 0 Å². The van der Waals surface area contributed by atoms with Crippen molar-refractivity contribution >= 4 is 10.0 Å². The number of benzene rings is 1. The summed E-state index contributed by atoms with van der Waals surface area (Å²) in [6.45, 7) is 4.38. The lowest BCUT2D eigenvalue weighted by atomic mass is 10.0. The fourth-order valence-electron chi connectivity index (χ4n) is 3.51. The first kappa shape index (κ1) is 15.7. The van der Waals surface area contributed by atoms with Crippen LogP contribution in [0.4, 0.5) is 0 Å². The molecule has 24 heavy (non-hydrogen) atoms. The lowest BCUT2D eigenvalue weighted by molar-refractivity contribution is 0.0278. The van der Waals surface area contributed by atoms with Gasteiger partial charge in [0.1, 0.15) is 6.10 Å². The van der Waals surface area contributed by atoms with Crippen molar-refractivity contribution in [2.45, 2.75) is 37.4 Å². The minimum atomic E-state index is -3.49. The predicted molar refractivity (Wildman–Crippen MR) is 84.7 cm³/mol. The average molecular weight is 349 g/mol. The molecule has 2 saturated heterocycles. The molecule has 8 heteroatoms. The Balaban J connectivity index is 1.50. The summed E-state index contributed by atoms with van der Waals surface area (Å²) in [6.07, 6.45) is 0.344. The Kier molecular flexibility index (Phi) is 3.70. The van der Waals surface area contributed by atoms with Crippen LogP contribution in [0.5, 0.6) is 0 Å². The van der Waals surface area contributed by atoms with Gasteiger partial charge in [0, 0.05) is 25.9 Å². The largest absolute Gasteiger partial charge is 0.423 e. The zero-order valence-electron chi connectivity index (χ0n) is 13.5. The van der Waals surface area contributed by atoms with Gasteiger partial charge in [-0.1, -0.05) is 18.2 Å². The van der Waals surface area contributed by atoms with Crippen molar-refractivity contribution in [2.75, 3.05) is 13.1 Å². The molecule has 0 radical (unpaired) electrons. The Morgan fingerprint density at radius 3 is 2.62 bits per heavy atom. The molecule has 2 aromatic rings. The second kappa shape index (κ2) is 5.65. The van der Waals surface area contributed by atoms with E-state index in [1.165, 1.54) is 4.31 Å². The van der Waals surface area contributed by atoms with Crippen molar-refractivity contribution in [1.29, 1.82) is 0 Å². The highest BCUT2D eigenvalue weighted by Gasteiger charge is 2.47. The van der Waals surface area contributed by atoms with Gasteiger partial charge in [0.25, 0.3) is 0 Å². The summed E-state index contributed by atoms with van der Waals surface area (Å²) in [5, 5.41) is 7.83. The number of hydrogen-bond donors (Lipinski definition) is 0. The molecule has 4 rings (SSSR count). The molecule has 0 spiro atoms. The highest BCUT2D eigenvalue weighted by Crippen LogP contribution is 2.41. The van der Waals surface area contributed by atoms with Crippen LogP contribution in [-0.2, 0) is 14.8 Å². The molecule has 0 aliphatic carbocycles. The third-order valence-electron chi connectivity index (χ3n) is 4.73. The number of rotatable bonds is 3. The van der Waals surface area contributed by atoms with E-state index in [2.05, 4.69) is 10.2 Å². The molecule has 0 N–H and O–H groups in total. The second-order valence-electron chi connectivity index (χ2n) is 6.41. The minimum Gasteiger partial charge on any atom is -0.423 e. The molecule has 128 valence electrons. The van der Waals surface area contributed by atoms with Crippen molar-refractivity contribution in [2.24, 2.45) is 5.92 Å².